The molecule has 4 nitrogen and oxygen atoms in total. The van der Waals surface area contributed by atoms with Crippen LogP contribution in [-0.4, -0.2) is 37.0 Å². The zero-order chi connectivity index (χ0) is 13.3. The minimum Gasteiger partial charge on any atom is -0.389 e. The molecule has 0 saturated carbocycles. The van der Waals surface area contributed by atoms with E-state index in [0.717, 1.165) is 10.4 Å². The van der Waals surface area contributed by atoms with Crippen LogP contribution in [0.15, 0.2) is 29.2 Å². The Morgan fingerprint density at radius 2 is 1.88 bits per heavy atom. The van der Waals surface area contributed by atoms with Gasteiger partial charge in [0.25, 0.3) is 0 Å². The number of aliphatic hydroxyl groups is 1. The topological polar surface area (TPSA) is 57.6 Å². The van der Waals surface area contributed by atoms with Gasteiger partial charge in [0.1, 0.15) is 10.7 Å². The Kier molecular flexibility index (Phi) is 3.91. The highest BCUT2D eigenvalue weighted by atomic mass is 32.2. The predicted octanol–water partition coefficient (Wildman–Crippen LogP) is 1.22. The Balaban J connectivity index is 3.09. The molecule has 0 atom stereocenters. The van der Waals surface area contributed by atoms with Crippen LogP contribution >= 0.6 is 0 Å². The van der Waals surface area contributed by atoms with Crippen LogP contribution in [0.4, 0.5) is 4.39 Å². The molecule has 1 aromatic carbocycles. The van der Waals surface area contributed by atoms with Crippen molar-refractivity contribution in [1.29, 1.82) is 0 Å². The summed E-state index contributed by atoms with van der Waals surface area (Å²) in [6, 6.07) is 5.16. The number of hydrogen-bond donors (Lipinski definition) is 1. The van der Waals surface area contributed by atoms with Gasteiger partial charge in [0.15, 0.2) is 0 Å². The first kappa shape index (κ1) is 14.1. The zero-order valence-electron chi connectivity index (χ0n) is 10.0. The van der Waals surface area contributed by atoms with E-state index in [-0.39, 0.29) is 11.4 Å². The van der Waals surface area contributed by atoms with E-state index in [4.69, 9.17) is 0 Å². The molecule has 0 amide bonds. The second-order valence-electron chi connectivity index (χ2n) is 4.50. The summed E-state index contributed by atoms with van der Waals surface area (Å²) in [5, 5.41) is 9.57. The summed E-state index contributed by atoms with van der Waals surface area (Å²) in [6.07, 6.45) is 0. The fraction of sp³-hybridized carbons (Fsp3) is 0.455. The monoisotopic (exact) mass is 261 g/mol. The van der Waals surface area contributed by atoms with Crippen molar-refractivity contribution in [3.8, 4) is 0 Å². The number of rotatable bonds is 4. The van der Waals surface area contributed by atoms with E-state index in [2.05, 4.69) is 0 Å². The van der Waals surface area contributed by atoms with Crippen molar-refractivity contribution in [3.05, 3.63) is 30.1 Å². The van der Waals surface area contributed by atoms with Gasteiger partial charge in [-0.05, 0) is 26.0 Å². The lowest BCUT2D eigenvalue weighted by Crippen LogP contribution is -2.39. The molecule has 96 valence electrons. The lowest BCUT2D eigenvalue weighted by Gasteiger charge is -2.25. The Labute approximate surface area is 101 Å². The molecule has 0 heterocycles. The molecule has 0 unspecified atom stereocenters. The molecule has 0 spiro atoms. The maximum Gasteiger partial charge on any atom is 0.245 e. The van der Waals surface area contributed by atoms with Crippen LogP contribution in [0.25, 0.3) is 0 Å². The second-order valence-corrected chi connectivity index (χ2v) is 6.52. The molecule has 0 aliphatic heterocycles. The third-order valence-electron chi connectivity index (χ3n) is 2.13. The Morgan fingerprint density at radius 1 is 1.35 bits per heavy atom. The number of sulfonamides is 1. The van der Waals surface area contributed by atoms with E-state index in [1.807, 2.05) is 0 Å². The highest BCUT2D eigenvalue weighted by molar-refractivity contribution is 7.89. The SMILES string of the molecule is CN(CC(C)(C)O)S(=O)(=O)c1ccccc1F. The average molecular weight is 261 g/mol. The summed E-state index contributed by atoms with van der Waals surface area (Å²) >= 11 is 0. The normalized spacial score (nSPS) is 13.1. The van der Waals surface area contributed by atoms with Gasteiger partial charge in [0, 0.05) is 13.6 Å². The van der Waals surface area contributed by atoms with E-state index in [1.165, 1.54) is 39.1 Å². The first-order valence-electron chi connectivity index (χ1n) is 5.08. The Hall–Kier alpha value is -0.980. The molecule has 0 aromatic heterocycles. The van der Waals surface area contributed by atoms with Gasteiger partial charge in [-0.3, -0.25) is 0 Å². The minimum atomic E-state index is -3.90. The summed E-state index contributed by atoms with van der Waals surface area (Å²) in [5.41, 5.74) is -1.17. The van der Waals surface area contributed by atoms with Crippen molar-refractivity contribution in [3.63, 3.8) is 0 Å². The Bertz CT molecular complexity index is 494. The predicted molar refractivity (Wildman–Crippen MR) is 62.5 cm³/mol. The lowest BCUT2D eigenvalue weighted by molar-refractivity contribution is 0.0639. The fourth-order valence-corrected chi connectivity index (χ4v) is 2.84. The summed E-state index contributed by atoms with van der Waals surface area (Å²) in [7, 11) is -2.60. The molecule has 0 aliphatic rings. The Morgan fingerprint density at radius 3 is 2.35 bits per heavy atom. The molecule has 6 heteroatoms. The maximum absolute atomic E-state index is 13.4. The van der Waals surface area contributed by atoms with Crippen LogP contribution in [0, 0.1) is 5.82 Å². The van der Waals surface area contributed by atoms with Crippen LogP contribution in [-0.2, 0) is 10.0 Å². The van der Waals surface area contributed by atoms with E-state index < -0.39 is 21.4 Å². The molecule has 1 aromatic rings. The molecule has 0 fully saturated rings. The van der Waals surface area contributed by atoms with Crippen molar-refractivity contribution < 1.29 is 17.9 Å². The minimum absolute atomic E-state index is 0.107. The number of hydrogen-bond acceptors (Lipinski definition) is 3. The molecule has 0 saturated heterocycles. The van der Waals surface area contributed by atoms with Gasteiger partial charge in [0.05, 0.1) is 5.60 Å². The number of nitrogens with zero attached hydrogens (tertiary/aromatic N) is 1. The van der Waals surface area contributed by atoms with E-state index >= 15 is 0 Å². The fourth-order valence-electron chi connectivity index (χ4n) is 1.45. The van der Waals surface area contributed by atoms with E-state index in [9.17, 15) is 17.9 Å². The van der Waals surface area contributed by atoms with Gasteiger partial charge < -0.3 is 5.11 Å². The summed E-state index contributed by atoms with van der Waals surface area (Å²) in [6.45, 7) is 2.87. The van der Waals surface area contributed by atoms with Crippen LogP contribution in [0.1, 0.15) is 13.8 Å². The summed E-state index contributed by atoms with van der Waals surface area (Å²) in [5.74, 6) is -0.796. The van der Waals surface area contributed by atoms with E-state index in [0.29, 0.717) is 0 Å². The quantitative estimate of drug-likeness (QED) is 0.886. The zero-order valence-corrected chi connectivity index (χ0v) is 10.8. The van der Waals surface area contributed by atoms with Gasteiger partial charge >= 0.3 is 0 Å². The van der Waals surface area contributed by atoms with Crippen LogP contribution in [0.5, 0.6) is 0 Å². The molecular formula is C11H16FNO3S. The third kappa shape index (κ3) is 3.49. The number of halogens is 1. The van der Waals surface area contributed by atoms with Crippen LogP contribution < -0.4 is 0 Å². The van der Waals surface area contributed by atoms with Gasteiger partial charge in [-0.1, -0.05) is 12.1 Å². The molecule has 0 bridgehead atoms. The summed E-state index contributed by atoms with van der Waals surface area (Å²) < 4.78 is 38.4. The second kappa shape index (κ2) is 4.72. The largest absolute Gasteiger partial charge is 0.389 e. The van der Waals surface area contributed by atoms with Gasteiger partial charge in [-0.2, -0.15) is 4.31 Å². The average Bonchev–Trinajstić information content (AvgIpc) is 2.15. The first-order chi connectivity index (χ1) is 7.64. The van der Waals surface area contributed by atoms with Gasteiger partial charge in [0.2, 0.25) is 10.0 Å². The molecular weight excluding hydrogens is 245 g/mol. The van der Waals surface area contributed by atoms with Crippen molar-refractivity contribution in [2.45, 2.75) is 24.3 Å². The smallest absolute Gasteiger partial charge is 0.245 e. The molecule has 0 radical (unpaired) electrons. The molecule has 1 rings (SSSR count). The third-order valence-corrected chi connectivity index (χ3v) is 3.97. The molecule has 1 N–H and O–H groups in total. The van der Waals surface area contributed by atoms with Gasteiger partial charge in [-0.15, -0.1) is 0 Å². The highest BCUT2D eigenvalue weighted by Crippen LogP contribution is 2.19. The number of benzene rings is 1. The molecule has 0 aliphatic carbocycles. The van der Waals surface area contributed by atoms with Crippen molar-refractivity contribution in [1.82, 2.24) is 4.31 Å². The number of likely N-dealkylation sites (N-methyl/N-ethyl adjacent to an activating group) is 1. The van der Waals surface area contributed by atoms with Crippen molar-refractivity contribution in [2.75, 3.05) is 13.6 Å². The highest BCUT2D eigenvalue weighted by Gasteiger charge is 2.28. The van der Waals surface area contributed by atoms with Crippen molar-refractivity contribution in [2.24, 2.45) is 0 Å². The van der Waals surface area contributed by atoms with E-state index in [1.54, 1.807) is 0 Å². The van der Waals surface area contributed by atoms with Crippen LogP contribution in [0.2, 0.25) is 0 Å². The standard InChI is InChI=1S/C11H16FNO3S/c1-11(2,14)8-13(3)17(15,16)10-7-5-4-6-9(10)12/h4-7,14H,8H2,1-3H3. The lowest BCUT2D eigenvalue weighted by atomic mass is 10.1. The first-order valence-corrected chi connectivity index (χ1v) is 6.52. The summed E-state index contributed by atoms with van der Waals surface area (Å²) in [4.78, 5) is -0.383. The van der Waals surface area contributed by atoms with Crippen LogP contribution in [0.3, 0.4) is 0 Å². The van der Waals surface area contributed by atoms with Crippen molar-refractivity contribution >= 4 is 10.0 Å². The molecule has 17 heavy (non-hydrogen) atoms. The van der Waals surface area contributed by atoms with Gasteiger partial charge in [-0.25, -0.2) is 12.8 Å². The maximum atomic E-state index is 13.4.